The van der Waals surface area contributed by atoms with E-state index >= 15 is 0 Å². The predicted octanol–water partition coefficient (Wildman–Crippen LogP) is 3.57. The van der Waals surface area contributed by atoms with Gasteiger partial charge in [-0.15, -0.1) is 6.42 Å². The van der Waals surface area contributed by atoms with E-state index in [-0.39, 0.29) is 0 Å². The Morgan fingerprint density at radius 1 is 1.29 bits per heavy atom. The summed E-state index contributed by atoms with van der Waals surface area (Å²) in [4.78, 5) is 0. The van der Waals surface area contributed by atoms with Crippen molar-refractivity contribution in [3.05, 3.63) is 34.9 Å². The zero-order valence-corrected chi connectivity index (χ0v) is 9.14. The molecule has 0 atom stereocenters. The Bertz CT molecular complexity index is 328. The summed E-state index contributed by atoms with van der Waals surface area (Å²) in [6.07, 6.45) is 10.1. The lowest BCUT2D eigenvalue weighted by molar-refractivity contribution is 0.794. The third-order valence-electron chi connectivity index (χ3n) is 2.53. The minimum Gasteiger partial charge on any atom is -0.115 e. The number of benzene rings is 1. The molecule has 0 aliphatic rings. The number of hydrogen-bond acceptors (Lipinski definition) is 0. The van der Waals surface area contributed by atoms with E-state index in [1.807, 2.05) is 0 Å². The molecule has 0 amide bonds. The Balaban J connectivity index is 2.86. The van der Waals surface area contributed by atoms with Crippen LogP contribution in [0.3, 0.4) is 0 Å². The van der Waals surface area contributed by atoms with E-state index in [0.717, 1.165) is 12.0 Å². The summed E-state index contributed by atoms with van der Waals surface area (Å²) in [5.41, 5.74) is 3.77. The molecule has 0 unspecified atom stereocenters. The highest BCUT2D eigenvalue weighted by atomic mass is 14.0. The van der Waals surface area contributed by atoms with Gasteiger partial charge in [-0.05, 0) is 36.5 Å². The van der Waals surface area contributed by atoms with Crippen LogP contribution in [0.25, 0.3) is 0 Å². The SMILES string of the molecule is C#Cc1ccc(CCCC)cc1CC. The number of terminal acetylenes is 1. The van der Waals surface area contributed by atoms with E-state index in [9.17, 15) is 0 Å². The lowest BCUT2D eigenvalue weighted by Gasteiger charge is -2.05. The summed E-state index contributed by atoms with van der Waals surface area (Å²) in [5.74, 6) is 2.73. The van der Waals surface area contributed by atoms with Gasteiger partial charge >= 0.3 is 0 Å². The standard InChI is InChI=1S/C14H18/c1-4-7-8-12-9-10-13(5-2)14(6-3)11-12/h2,9-11H,4,6-8H2,1,3H3. The molecule has 74 valence electrons. The second-order valence-corrected chi connectivity index (χ2v) is 3.59. The summed E-state index contributed by atoms with van der Waals surface area (Å²) >= 11 is 0. The fourth-order valence-electron chi connectivity index (χ4n) is 1.62. The van der Waals surface area contributed by atoms with Crippen molar-refractivity contribution < 1.29 is 0 Å². The largest absolute Gasteiger partial charge is 0.115 e. The maximum Gasteiger partial charge on any atom is 0.0274 e. The molecule has 0 aliphatic carbocycles. The minimum atomic E-state index is 1.03. The number of aryl methyl sites for hydroxylation is 2. The third kappa shape index (κ3) is 2.64. The van der Waals surface area contributed by atoms with Gasteiger partial charge in [0.25, 0.3) is 0 Å². The smallest absolute Gasteiger partial charge is 0.0274 e. The van der Waals surface area contributed by atoms with Crippen LogP contribution in [0.1, 0.15) is 43.4 Å². The van der Waals surface area contributed by atoms with Crippen molar-refractivity contribution in [2.75, 3.05) is 0 Å². The number of unbranched alkanes of at least 4 members (excludes halogenated alkanes) is 1. The van der Waals surface area contributed by atoms with Crippen molar-refractivity contribution in [1.82, 2.24) is 0 Å². The van der Waals surface area contributed by atoms with Crippen LogP contribution in [0, 0.1) is 12.3 Å². The molecule has 0 aliphatic heterocycles. The molecule has 0 heteroatoms. The summed E-state index contributed by atoms with van der Waals surface area (Å²) < 4.78 is 0. The van der Waals surface area contributed by atoms with Gasteiger partial charge in [0.05, 0.1) is 0 Å². The molecule has 0 saturated heterocycles. The highest BCUT2D eigenvalue weighted by Gasteiger charge is 1.99. The maximum atomic E-state index is 5.43. The third-order valence-corrected chi connectivity index (χ3v) is 2.53. The Kier molecular flexibility index (Phi) is 4.26. The summed E-state index contributed by atoms with van der Waals surface area (Å²) in [6, 6.07) is 6.48. The van der Waals surface area contributed by atoms with Crippen molar-refractivity contribution in [2.24, 2.45) is 0 Å². The molecular weight excluding hydrogens is 168 g/mol. The van der Waals surface area contributed by atoms with Crippen molar-refractivity contribution in [3.8, 4) is 12.3 Å². The Hall–Kier alpha value is -1.22. The van der Waals surface area contributed by atoms with Crippen LogP contribution in [0.4, 0.5) is 0 Å². The van der Waals surface area contributed by atoms with Crippen LogP contribution in [-0.4, -0.2) is 0 Å². The molecule has 0 spiro atoms. The van der Waals surface area contributed by atoms with Gasteiger partial charge in [-0.1, -0.05) is 38.3 Å². The highest BCUT2D eigenvalue weighted by Crippen LogP contribution is 2.13. The zero-order valence-electron chi connectivity index (χ0n) is 9.14. The average molecular weight is 186 g/mol. The van der Waals surface area contributed by atoms with Crippen LogP contribution in [0.15, 0.2) is 18.2 Å². The molecule has 0 saturated carbocycles. The van der Waals surface area contributed by atoms with Crippen LogP contribution in [-0.2, 0) is 12.8 Å². The van der Waals surface area contributed by atoms with Crippen molar-refractivity contribution in [3.63, 3.8) is 0 Å². The van der Waals surface area contributed by atoms with Crippen LogP contribution >= 0.6 is 0 Å². The summed E-state index contributed by atoms with van der Waals surface area (Å²) in [6.45, 7) is 4.37. The zero-order chi connectivity index (χ0) is 10.4. The topological polar surface area (TPSA) is 0 Å². The second kappa shape index (κ2) is 5.50. The van der Waals surface area contributed by atoms with Gasteiger partial charge in [-0.2, -0.15) is 0 Å². The van der Waals surface area contributed by atoms with Crippen molar-refractivity contribution >= 4 is 0 Å². The molecule has 0 aromatic heterocycles. The van der Waals surface area contributed by atoms with Gasteiger partial charge in [0.15, 0.2) is 0 Å². The van der Waals surface area contributed by atoms with Crippen LogP contribution < -0.4 is 0 Å². The number of rotatable bonds is 4. The van der Waals surface area contributed by atoms with E-state index in [0.29, 0.717) is 0 Å². The Morgan fingerprint density at radius 2 is 2.07 bits per heavy atom. The van der Waals surface area contributed by atoms with E-state index < -0.39 is 0 Å². The molecule has 0 heterocycles. The van der Waals surface area contributed by atoms with Gasteiger partial charge in [0, 0.05) is 5.56 Å². The lowest BCUT2D eigenvalue weighted by atomic mass is 9.99. The fraction of sp³-hybridized carbons (Fsp3) is 0.429. The molecule has 0 radical (unpaired) electrons. The fourth-order valence-corrected chi connectivity index (χ4v) is 1.62. The quantitative estimate of drug-likeness (QED) is 0.631. The van der Waals surface area contributed by atoms with Crippen molar-refractivity contribution in [1.29, 1.82) is 0 Å². The average Bonchev–Trinajstić information content (AvgIpc) is 2.25. The van der Waals surface area contributed by atoms with E-state index in [2.05, 4.69) is 38.0 Å². The first-order valence-corrected chi connectivity index (χ1v) is 5.40. The van der Waals surface area contributed by atoms with Gasteiger partial charge in [-0.25, -0.2) is 0 Å². The molecule has 1 aromatic carbocycles. The first-order valence-electron chi connectivity index (χ1n) is 5.40. The van der Waals surface area contributed by atoms with Crippen molar-refractivity contribution in [2.45, 2.75) is 39.5 Å². The highest BCUT2D eigenvalue weighted by molar-refractivity contribution is 5.42. The molecule has 1 rings (SSSR count). The molecule has 0 fully saturated rings. The van der Waals surface area contributed by atoms with Crippen LogP contribution in [0.2, 0.25) is 0 Å². The van der Waals surface area contributed by atoms with Gasteiger partial charge in [0.1, 0.15) is 0 Å². The van der Waals surface area contributed by atoms with Gasteiger partial charge in [0.2, 0.25) is 0 Å². The first kappa shape index (κ1) is 10.9. The second-order valence-electron chi connectivity index (χ2n) is 3.59. The lowest BCUT2D eigenvalue weighted by Crippen LogP contribution is -1.91. The Morgan fingerprint density at radius 3 is 2.64 bits per heavy atom. The molecule has 0 bridgehead atoms. The minimum absolute atomic E-state index is 1.03. The summed E-state index contributed by atoms with van der Waals surface area (Å²) in [5, 5.41) is 0. The van der Waals surface area contributed by atoms with Gasteiger partial charge in [-0.3, -0.25) is 0 Å². The van der Waals surface area contributed by atoms with E-state index in [4.69, 9.17) is 6.42 Å². The molecule has 0 nitrogen and oxygen atoms in total. The van der Waals surface area contributed by atoms with E-state index in [1.54, 1.807) is 0 Å². The van der Waals surface area contributed by atoms with E-state index in [1.165, 1.54) is 30.4 Å². The molecule has 1 aromatic rings. The maximum absolute atomic E-state index is 5.43. The molecule has 0 N–H and O–H groups in total. The van der Waals surface area contributed by atoms with Gasteiger partial charge < -0.3 is 0 Å². The Labute approximate surface area is 87.4 Å². The van der Waals surface area contributed by atoms with Crippen LogP contribution in [0.5, 0.6) is 0 Å². The first-order chi connectivity index (χ1) is 6.81. The summed E-state index contributed by atoms with van der Waals surface area (Å²) in [7, 11) is 0. The molecular formula is C14H18. The molecule has 14 heavy (non-hydrogen) atoms. The normalized spacial score (nSPS) is 9.79. The number of hydrogen-bond donors (Lipinski definition) is 0. The monoisotopic (exact) mass is 186 g/mol. The predicted molar refractivity (Wildman–Crippen MR) is 62.4 cm³/mol.